The molecule has 1 N–H and O–H groups in total. The molecule has 1 fully saturated rings. The van der Waals surface area contributed by atoms with Crippen LogP contribution >= 0.6 is 0 Å². The van der Waals surface area contributed by atoms with E-state index in [0.717, 1.165) is 25.1 Å². The van der Waals surface area contributed by atoms with Crippen LogP contribution in [0.15, 0.2) is 36.5 Å². The number of ether oxygens (including phenoxy) is 1. The molecule has 7 nitrogen and oxygen atoms in total. The molecule has 1 unspecified atom stereocenters. The number of halogens is 2. The minimum absolute atomic E-state index is 0.0104. The topological polar surface area (TPSA) is 80.5 Å². The van der Waals surface area contributed by atoms with Gasteiger partial charge in [-0.1, -0.05) is 0 Å². The molecule has 3 rings (SSSR count). The number of anilines is 2. The minimum atomic E-state index is -2.85. The summed E-state index contributed by atoms with van der Waals surface area (Å²) in [7, 11) is 0. The first-order valence-corrected chi connectivity index (χ1v) is 8.60. The molecule has 2 aromatic rings. The van der Waals surface area contributed by atoms with Gasteiger partial charge >= 0.3 is 12.3 Å². The van der Waals surface area contributed by atoms with Crippen LogP contribution in [0.4, 0.5) is 26.0 Å². The fourth-order valence-corrected chi connectivity index (χ4v) is 3.25. The quantitative estimate of drug-likeness (QED) is 0.605. The first-order chi connectivity index (χ1) is 12.9. The summed E-state index contributed by atoms with van der Waals surface area (Å²) in [6.07, 6.45) is 3.30. The largest absolute Gasteiger partial charge is 0.435 e. The van der Waals surface area contributed by atoms with E-state index in [1.165, 1.54) is 12.1 Å². The Morgan fingerprint density at radius 2 is 2.07 bits per heavy atom. The summed E-state index contributed by atoms with van der Waals surface area (Å²) in [6, 6.07) is 8.07. The molecule has 144 valence electrons. The Labute approximate surface area is 155 Å². The van der Waals surface area contributed by atoms with Crippen LogP contribution in [0.5, 0.6) is 5.75 Å². The van der Waals surface area contributed by atoms with Gasteiger partial charge in [-0.05, 0) is 50.1 Å². The number of aryl methyl sites for hydroxylation is 1. The molecule has 9 heteroatoms. The molecule has 0 bridgehead atoms. The molecular weight excluding hydrogens is 358 g/mol. The van der Waals surface area contributed by atoms with Crippen molar-refractivity contribution in [2.75, 3.05) is 23.3 Å². The molecule has 1 aliphatic heterocycles. The smallest absolute Gasteiger partial charge is 0.387 e. The van der Waals surface area contributed by atoms with Crippen LogP contribution in [0.25, 0.3) is 0 Å². The van der Waals surface area contributed by atoms with Crippen LogP contribution in [-0.4, -0.2) is 35.7 Å². The van der Waals surface area contributed by atoms with Crippen molar-refractivity contribution in [2.45, 2.75) is 32.4 Å². The van der Waals surface area contributed by atoms with Crippen molar-refractivity contribution in [3.8, 4) is 5.75 Å². The van der Waals surface area contributed by atoms with Gasteiger partial charge in [0.25, 0.3) is 0 Å². The molecule has 1 aromatic heterocycles. The Balaban J connectivity index is 1.70. The maximum absolute atomic E-state index is 12.3. The van der Waals surface area contributed by atoms with Crippen molar-refractivity contribution in [2.24, 2.45) is 0 Å². The Kier molecular flexibility index (Phi) is 5.68. The normalized spacial score (nSPS) is 17.0. The van der Waals surface area contributed by atoms with Crippen LogP contribution < -0.4 is 15.0 Å². The van der Waals surface area contributed by atoms with E-state index >= 15 is 0 Å². The van der Waals surface area contributed by atoms with Gasteiger partial charge in [0.05, 0.1) is 4.92 Å². The molecule has 1 aromatic carbocycles. The predicted octanol–water partition coefficient (Wildman–Crippen LogP) is 3.98. The molecular formula is C18H20F2N4O3. The van der Waals surface area contributed by atoms with Crippen molar-refractivity contribution >= 4 is 17.2 Å². The first-order valence-electron chi connectivity index (χ1n) is 8.60. The van der Waals surface area contributed by atoms with Gasteiger partial charge in [-0.15, -0.1) is 0 Å². The molecule has 27 heavy (non-hydrogen) atoms. The molecule has 2 heterocycles. The number of rotatable bonds is 6. The zero-order chi connectivity index (χ0) is 19.4. The van der Waals surface area contributed by atoms with Crippen LogP contribution in [0, 0.1) is 17.0 Å². The number of hydrogen-bond donors (Lipinski definition) is 1. The number of benzene rings is 1. The highest BCUT2D eigenvalue weighted by Gasteiger charge is 2.25. The van der Waals surface area contributed by atoms with Gasteiger partial charge < -0.3 is 15.0 Å². The van der Waals surface area contributed by atoms with Crippen LogP contribution in [0.3, 0.4) is 0 Å². The van der Waals surface area contributed by atoms with Gasteiger partial charge in [0, 0.05) is 36.6 Å². The molecule has 1 aliphatic rings. The lowest BCUT2D eigenvalue weighted by atomic mass is 10.0. The van der Waals surface area contributed by atoms with E-state index in [9.17, 15) is 18.9 Å². The predicted molar refractivity (Wildman–Crippen MR) is 97.6 cm³/mol. The number of aromatic nitrogens is 1. The van der Waals surface area contributed by atoms with Gasteiger partial charge in [0.15, 0.2) is 0 Å². The van der Waals surface area contributed by atoms with Crippen LogP contribution in [0.2, 0.25) is 0 Å². The number of alkyl halides is 2. The van der Waals surface area contributed by atoms with E-state index in [1.54, 1.807) is 31.3 Å². The maximum Gasteiger partial charge on any atom is 0.387 e. The van der Waals surface area contributed by atoms with E-state index < -0.39 is 11.5 Å². The van der Waals surface area contributed by atoms with Gasteiger partial charge in [-0.25, -0.2) is 4.98 Å². The van der Waals surface area contributed by atoms with Crippen molar-refractivity contribution in [1.29, 1.82) is 0 Å². The Morgan fingerprint density at radius 3 is 2.74 bits per heavy atom. The lowest BCUT2D eigenvalue weighted by molar-refractivity contribution is -0.384. The summed E-state index contributed by atoms with van der Waals surface area (Å²) < 4.78 is 28.9. The fraction of sp³-hybridized carbons (Fsp3) is 0.389. The number of piperidine rings is 1. The Bertz CT molecular complexity index is 802. The van der Waals surface area contributed by atoms with Crippen molar-refractivity contribution in [3.05, 3.63) is 52.2 Å². The van der Waals surface area contributed by atoms with Crippen molar-refractivity contribution in [1.82, 2.24) is 4.98 Å². The molecule has 0 spiro atoms. The third kappa shape index (κ3) is 4.60. The maximum atomic E-state index is 12.3. The van der Waals surface area contributed by atoms with E-state index in [-0.39, 0.29) is 23.3 Å². The standard InChI is InChI=1S/C18H20F2N4O3/c1-12-8-9-21-17(16(12)24(25)26)22-13-3-2-10-23(11-13)14-4-6-15(7-5-14)27-18(19)20/h4-9,13,18H,2-3,10-11H2,1H3,(H,21,22). The summed E-state index contributed by atoms with van der Waals surface area (Å²) in [5, 5.41) is 14.5. The highest BCUT2D eigenvalue weighted by molar-refractivity contribution is 5.60. The van der Waals surface area contributed by atoms with Crippen LogP contribution in [0.1, 0.15) is 18.4 Å². The summed E-state index contributed by atoms with van der Waals surface area (Å²) in [5.41, 5.74) is 1.43. The summed E-state index contributed by atoms with van der Waals surface area (Å²) in [4.78, 5) is 17.1. The second-order valence-corrected chi connectivity index (χ2v) is 6.38. The monoisotopic (exact) mass is 378 g/mol. The first kappa shape index (κ1) is 18.8. The fourth-order valence-electron chi connectivity index (χ4n) is 3.25. The average molecular weight is 378 g/mol. The summed E-state index contributed by atoms with van der Waals surface area (Å²) >= 11 is 0. The van der Waals surface area contributed by atoms with E-state index in [4.69, 9.17) is 0 Å². The lowest BCUT2D eigenvalue weighted by Crippen LogP contribution is -2.42. The van der Waals surface area contributed by atoms with E-state index in [2.05, 4.69) is 19.9 Å². The number of hydrogen-bond acceptors (Lipinski definition) is 6. The summed E-state index contributed by atoms with van der Waals surface area (Å²) in [6.45, 7) is 0.275. The molecule has 0 aliphatic carbocycles. The molecule has 1 saturated heterocycles. The Hall–Kier alpha value is -2.97. The number of nitrogens with one attached hydrogen (secondary N) is 1. The van der Waals surface area contributed by atoms with E-state index in [0.29, 0.717) is 12.1 Å². The summed E-state index contributed by atoms with van der Waals surface area (Å²) in [5.74, 6) is 0.382. The van der Waals surface area contributed by atoms with Crippen molar-refractivity contribution < 1.29 is 18.4 Å². The highest BCUT2D eigenvalue weighted by Crippen LogP contribution is 2.29. The second kappa shape index (κ2) is 8.15. The van der Waals surface area contributed by atoms with E-state index in [1.807, 2.05) is 0 Å². The third-order valence-corrected chi connectivity index (χ3v) is 4.50. The highest BCUT2D eigenvalue weighted by atomic mass is 19.3. The van der Waals surface area contributed by atoms with Gasteiger partial charge in [0.1, 0.15) is 5.75 Å². The SMILES string of the molecule is Cc1ccnc(NC2CCCN(c3ccc(OC(F)F)cc3)C2)c1[N+](=O)[O-]. The minimum Gasteiger partial charge on any atom is -0.435 e. The number of pyridine rings is 1. The van der Waals surface area contributed by atoms with Gasteiger partial charge in [0.2, 0.25) is 5.82 Å². The lowest BCUT2D eigenvalue weighted by Gasteiger charge is -2.35. The second-order valence-electron chi connectivity index (χ2n) is 6.38. The van der Waals surface area contributed by atoms with Crippen LogP contribution in [-0.2, 0) is 0 Å². The van der Waals surface area contributed by atoms with Crippen molar-refractivity contribution in [3.63, 3.8) is 0 Å². The molecule has 1 atom stereocenters. The number of nitrogens with zero attached hydrogens (tertiary/aromatic N) is 3. The average Bonchev–Trinajstić information content (AvgIpc) is 2.62. The molecule has 0 amide bonds. The van der Waals surface area contributed by atoms with Gasteiger partial charge in [-0.3, -0.25) is 10.1 Å². The third-order valence-electron chi connectivity index (χ3n) is 4.50. The zero-order valence-electron chi connectivity index (χ0n) is 14.8. The zero-order valence-corrected chi connectivity index (χ0v) is 14.8. The molecule has 0 radical (unpaired) electrons. The number of nitro groups is 1. The Morgan fingerprint density at radius 1 is 1.33 bits per heavy atom. The molecule has 0 saturated carbocycles. The van der Waals surface area contributed by atoms with Gasteiger partial charge in [-0.2, -0.15) is 8.78 Å².